The lowest BCUT2D eigenvalue weighted by atomic mass is 10.1. The van der Waals surface area contributed by atoms with Gasteiger partial charge in [0.05, 0.1) is 0 Å². The Morgan fingerprint density at radius 1 is 1.24 bits per heavy atom. The SMILES string of the molecule is Cc1cc(-n2c(C)cc(C(=O)COC(=O)c3sccc3C)c2C)no1. The molecule has 3 rings (SSSR count). The van der Waals surface area contributed by atoms with E-state index in [1.807, 2.05) is 43.7 Å². The number of rotatable bonds is 5. The molecule has 0 aliphatic heterocycles. The van der Waals surface area contributed by atoms with Crippen molar-refractivity contribution in [3.8, 4) is 5.82 Å². The summed E-state index contributed by atoms with van der Waals surface area (Å²) in [4.78, 5) is 25.1. The Balaban J connectivity index is 1.77. The quantitative estimate of drug-likeness (QED) is 0.512. The highest BCUT2D eigenvalue weighted by Gasteiger charge is 2.20. The normalized spacial score (nSPS) is 10.9. The van der Waals surface area contributed by atoms with E-state index in [0.29, 0.717) is 22.0 Å². The molecular formula is C18H18N2O4S. The van der Waals surface area contributed by atoms with E-state index in [1.54, 1.807) is 12.1 Å². The van der Waals surface area contributed by atoms with E-state index in [1.165, 1.54) is 11.3 Å². The van der Waals surface area contributed by atoms with Crippen LogP contribution in [0.1, 0.15) is 42.7 Å². The zero-order chi connectivity index (χ0) is 18.1. The molecule has 0 amide bonds. The van der Waals surface area contributed by atoms with E-state index >= 15 is 0 Å². The second kappa shape index (κ2) is 6.68. The van der Waals surface area contributed by atoms with Crippen LogP contribution in [0.2, 0.25) is 0 Å². The van der Waals surface area contributed by atoms with Gasteiger partial charge in [-0.05, 0) is 50.8 Å². The number of Topliss-reactive ketones (excluding diaryl/α,β-unsaturated/α-hetero) is 1. The standard InChI is InChI=1S/C18H18N2O4S/c1-10-5-6-25-17(10)18(22)23-9-15(21)14-7-11(2)20(13(14)4)16-8-12(3)24-19-16/h5-8H,9H2,1-4H3. The lowest BCUT2D eigenvalue weighted by Crippen LogP contribution is -2.14. The van der Waals surface area contributed by atoms with E-state index in [9.17, 15) is 9.59 Å². The van der Waals surface area contributed by atoms with Gasteiger partial charge in [0.25, 0.3) is 0 Å². The Morgan fingerprint density at radius 2 is 2.00 bits per heavy atom. The molecule has 0 atom stereocenters. The van der Waals surface area contributed by atoms with Gasteiger partial charge in [0.1, 0.15) is 10.6 Å². The highest BCUT2D eigenvalue weighted by Crippen LogP contribution is 2.22. The fraction of sp³-hybridized carbons (Fsp3) is 0.278. The van der Waals surface area contributed by atoms with Crippen LogP contribution in [0.4, 0.5) is 0 Å². The van der Waals surface area contributed by atoms with Crippen molar-refractivity contribution in [3.63, 3.8) is 0 Å². The smallest absolute Gasteiger partial charge is 0.349 e. The van der Waals surface area contributed by atoms with E-state index in [-0.39, 0.29) is 12.4 Å². The zero-order valence-corrected chi connectivity index (χ0v) is 15.3. The number of aryl methyl sites for hydroxylation is 3. The molecule has 0 saturated heterocycles. The average Bonchev–Trinajstić information content (AvgIpc) is 3.24. The van der Waals surface area contributed by atoms with Crippen molar-refractivity contribution in [1.29, 1.82) is 0 Å². The molecule has 25 heavy (non-hydrogen) atoms. The van der Waals surface area contributed by atoms with Gasteiger partial charge in [-0.3, -0.25) is 9.36 Å². The van der Waals surface area contributed by atoms with Crippen molar-refractivity contribution < 1.29 is 18.8 Å². The summed E-state index contributed by atoms with van der Waals surface area (Å²) in [5, 5.41) is 5.81. The van der Waals surface area contributed by atoms with Crippen LogP contribution in [0.25, 0.3) is 5.82 Å². The van der Waals surface area contributed by atoms with Crippen LogP contribution in [0, 0.1) is 27.7 Å². The molecule has 7 heteroatoms. The van der Waals surface area contributed by atoms with Gasteiger partial charge in [0.2, 0.25) is 5.78 Å². The van der Waals surface area contributed by atoms with Gasteiger partial charge < -0.3 is 9.26 Å². The number of carbonyl (C=O) groups excluding carboxylic acids is 2. The molecule has 0 aliphatic rings. The molecule has 3 aromatic rings. The Kier molecular flexibility index (Phi) is 4.59. The van der Waals surface area contributed by atoms with Gasteiger partial charge in [0.15, 0.2) is 12.4 Å². The number of carbonyl (C=O) groups is 2. The van der Waals surface area contributed by atoms with Crippen LogP contribution in [0.3, 0.4) is 0 Å². The zero-order valence-electron chi connectivity index (χ0n) is 14.5. The number of hydrogen-bond acceptors (Lipinski definition) is 6. The molecule has 0 saturated carbocycles. The van der Waals surface area contributed by atoms with Crippen LogP contribution in [-0.2, 0) is 4.74 Å². The number of hydrogen-bond donors (Lipinski definition) is 0. The van der Waals surface area contributed by atoms with Gasteiger partial charge in [-0.15, -0.1) is 11.3 Å². The Labute approximate surface area is 149 Å². The lowest BCUT2D eigenvalue weighted by molar-refractivity contribution is 0.0478. The average molecular weight is 358 g/mol. The predicted octanol–water partition coefficient (Wildman–Crippen LogP) is 3.80. The molecule has 0 bridgehead atoms. The second-order valence-corrected chi connectivity index (χ2v) is 6.76. The Hall–Kier alpha value is -2.67. The van der Waals surface area contributed by atoms with Crippen molar-refractivity contribution in [2.24, 2.45) is 0 Å². The van der Waals surface area contributed by atoms with E-state index in [4.69, 9.17) is 9.26 Å². The fourth-order valence-corrected chi connectivity index (χ4v) is 3.53. The summed E-state index contributed by atoms with van der Waals surface area (Å²) in [6, 6.07) is 5.41. The summed E-state index contributed by atoms with van der Waals surface area (Å²) < 4.78 is 12.1. The van der Waals surface area contributed by atoms with Crippen LogP contribution >= 0.6 is 11.3 Å². The van der Waals surface area contributed by atoms with Crippen LogP contribution in [0.5, 0.6) is 0 Å². The summed E-state index contributed by atoms with van der Waals surface area (Å²) in [6.45, 7) is 7.06. The number of esters is 1. The van der Waals surface area contributed by atoms with E-state index < -0.39 is 5.97 Å². The number of aromatic nitrogens is 2. The third-order valence-electron chi connectivity index (χ3n) is 3.96. The van der Waals surface area contributed by atoms with Gasteiger partial charge in [-0.2, -0.15) is 0 Å². The lowest BCUT2D eigenvalue weighted by Gasteiger charge is -2.06. The summed E-state index contributed by atoms with van der Waals surface area (Å²) >= 11 is 1.31. The Morgan fingerprint density at radius 3 is 2.60 bits per heavy atom. The van der Waals surface area contributed by atoms with Crippen LogP contribution in [-0.4, -0.2) is 28.1 Å². The first-order chi connectivity index (χ1) is 11.9. The maximum atomic E-state index is 12.5. The molecule has 3 aromatic heterocycles. The third kappa shape index (κ3) is 3.28. The molecule has 6 nitrogen and oxygen atoms in total. The second-order valence-electron chi connectivity index (χ2n) is 5.85. The fourth-order valence-electron chi connectivity index (χ4n) is 2.71. The van der Waals surface area contributed by atoms with Gasteiger partial charge in [-0.25, -0.2) is 4.79 Å². The topological polar surface area (TPSA) is 74.3 Å². The van der Waals surface area contributed by atoms with Crippen LogP contribution < -0.4 is 0 Å². The summed E-state index contributed by atoms with van der Waals surface area (Å²) in [7, 11) is 0. The molecule has 0 N–H and O–H groups in total. The van der Waals surface area contributed by atoms with E-state index in [2.05, 4.69) is 5.16 Å². The minimum absolute atomic E-state index is 0.248. The predicted molar refractivity (Wildman–Crippen MR) is 93.7 cm³/mol. The number of thiophene rings is 1. The van der Waals surface area contributed by atoms with Crippen molar-refractivity contribution in [3.05, 3.63) is 56.7 Å². The van der Waals surface area contributed by atoms with Crippen molar-refractivity contribution >= 4 is 23.1 Å². The number of ketones is 1. The first-order valence-electron chi connectivity index (χ1n) is 7.75. The van der Waals surface area contributed by atoms with Crippen LogP contribution in [0.15, 0.2) is 28.1 Å². The monoisotopic (exact) mass is 358 g/mol. The minimum Gasteiger partial charge on any atom is -0.453 e. The number of ether oxygens (including phenoxy) is 1. The largest absolute Gasteiger partial charge is 0.453 e. The number of nitrogens with zero attached hydrogens (tertiary/aromatic N) is 2. The maximum Gasteiger partial charge on any atom is 0.349 e. The molecule has 0 spiro atoms. The first-order valence-corrected chi connectivity index (χ1v) is 8.63. The summed E-state index contributed by atoms with van der Waals surface area (Å²) in [6.07, 6.45) is 0. The van der Waals surface area contributed by atoms with E-state index in [0.717, 1.165) is 17.0 Å². The molecule has 0 unspecified atom stereocenters. The van der Waals surface area contributed by atoms with Gasteiger partial charge in [-0.1, -0.05) is 5.16 Å². The molecule has 0 fully saturated rings. The Bertz CT molecular complexity index is 948. The van der Waals surface area contributed by atoms with Crippen molar-refractivity contribution in [1.82, 2.24) is 9.72 Å². The summed E-state index contributed by atoms with van der Waals surface area (Å²) in [5.74, 6) is 0.595. The van der Waals surface area contributed by atoms with Gasteiger partial charge >= 0.3 is 5.97 Å². The van der Waals surface area contributed by atoms with Crippen molar-refractivity contribution in [2.45, 2.75) is 27.7 Å². The molecule has 0 aliphatic carbocycles. The molecular weight excluding hydrogens is 340 g/mol. The molecule has 3 heterocycles. The molecule has 0 radical (unpaired) electrons. The first kappa shape index (κ1) is 17.2. The van der Waals surface area contributed by atoms with Crippen molar-refractivity contribution in [2.75, 3.05) is 6.61 Å². The highest BCUT2D eigenvalue weighted by atomic mass is 32.1. The molecule has 0 aromatic carbocycles. The molecule has 130 valence electrons. The summed E-state index contributed by atoms with van der Waals surface area (Å²) in [5.41, 5.74) is 2.95. The maximum absolute atomic E-state index is 12.5. The third-order valence-corrected chi connectivity index (χ3v) is 4.95. The van der Waals surface area contributed by atoms with Gasteiger partial charge in [0, 0.05) is 23.0 Å². The minimum atomic E-state index is -0.471. The highest BCUT2D eigenvalue weighted by molar-refractivity contribution is 7.12.